The Bertz CT molecular complexity index is 1130. The molecular formula is C24H20N2O. The lowest BCUT2D eigenvalue weighted by molar-refractivity contribution is 0.932. The van der Waals surface area contributed by atoms with Gasteiger partial charge in [-0.15, -0.1) is 0 Å². The summed E-state index contributed by atoms with van der Waals surface area (Å²) in [6.07, 6.45) is 0. The number of rotatable bonds is 3. The smallest absolute Gasteiger partial charge is 0.261 e. The van der Waals surface area contributed by atoms with Gasteiger partial charge in [0.1, 0.15) is 5.82 Å². The molecule has 0 fully saturated rings. The second-order valence-corrected chi connectivity index (χ2v) is 6.62. The minimum atomic E-state index is -0.0495. The molecule has 3 nitrogen and oxygen atoms in total. The van der Waals surface area contributed by atoms with E-state index in [-0.39, 0.29) is 5.56 Å². The van der Waals surface area contributed by atoms with Crippen molar-refractivity contribution in [3.63, 3.8) is 0 Å². The van der Waals surface area contributed by atoms with Crippen molar-refractivity contribution < 1.29 is 0 Å². The Balaban J connectivity index is 2.05. The minimum Gasteiger partial charge on any atom is -0.269 e. The molecule has 4 rings (SSSR count). The van der Waals surface area contributed by atoms with Crippen molar-refractivity contribution in [1.82, 2.24) is 9.55 Å². The topological polar surface area (TPSA) is 34.9 Å². The van der Waals surface area contributed by atoms with Gasteiger partial charge in [-0.3, -0.25) is 9.36 Å². The number of nitrogens with zero attached hydrogens (tertiary/aromatic N) is 2. The summed E-state index contributed by atoms with van der Waals surface area (Å²) in [7, 11) is 0. The van der Waals surface area contributed by atoms with Crippen molar-refractivity contribution >= 4 is 0 Å². The van der Waals surface area contributed by atoms with Gasteiger partial charge in [0.05, 0.1) is 11.4 Å². The van der Waals surface area contributed by atoms with Gasteiger partial charge in [0, 0.05) is 16.7 Å². The third-order valence-corrected chi connectivity index (χ3v) is 4.68. The van der Waals surface area contributed by atoms with Crippen molar-refractivity contribution in [2.75, 3.05) is 0 Å². The zero-order chi connectivity index (χ0) is 18.8. The third kappa shape index (κ3) is 3.20. The van der Waals surface area contributed by atoms with Crippen LogP contribution in [0.15, 0.2) is 89.7 Å². The molecule has 0 aliphatic heterocycles. The van der Waals surface area contributed by atoms with Gasteiger partial charge in [-0.05, 0) is 26.0 Å². The van der Waals surface area contributed by atoms with E-state index in [9.17, 15) is 4.79 Å². The minimum absolute atomic E-state index is 0.0495. The predicted octanol–water partition coefficient (Wildman–Crippen LogP) is 5.18. The van der Waals surface area contributed by atoms with E-state index >= 15 is 0 Å². The first-order chi connectivity index (χ1) is 13.1. The van der Waals surface area contributed by atoms with Crippen LogP contribution in [0.1, 0.15) is 11.1 Å². The average Bonchev–Trinajstić information content (AvgIpc) is 2.72. The molecule has 0 N–H and O–H groups in total. The summed E-state index contributed by atoms with van der Waals surface area (Å²) in [6.45, 7) is 3.88. The van der Waals surface area contributed by atoms with Gasteiger partial charge in [-0.25, -0.2) is 4.98 Å². The van der Waals surface area contributed by atoms with Gasteiger partial charge < -0.3 is 0 Å². The molecule has 0 saturated heterocycles. The zero-order valence-electron chi connectivity index (χ0n) is 15.4. The predicted molar refractivity (Wildman–Crippen MR) is 110 cm³/mol. The van der Waals surface area contributed by atoms with Crippen LogP contribution in [0.5, 0.6) is 0 Å². The number of aryl methyl sites for hydroxylation is 1. The van der Waals surface area contributed by atoms with Gasteiger partial charge in [0.25, 0.3) is 5.56 Å². The molecule has 4 aromatic rings. The maximum absolute atomic E-state index is 13.4. The molecule has 3 aromatic carbocycles. The Hall–Kier alpha value is -3.46. The highest BCUT2D eigenvalue weighted by molar-refractivity contribution is 5.68. The average molecular weight is 352 g/mol. The molecule has 0 spiro atoms. The maximum atomic E-state index is 13.4. The van der Waals surface area contributed by atoms with E-state index in [1.807, 2.05) is 98.8 Å². The van der Waals surface area contributed by atoms with Crippen LogP contribution in [0.3, 0.4) is 0 Å². The molecule has 1 heterocycles. The van der Waals surface area contributed by atoms with E-state index in [4.69, 9.17) is 4.98 Å². The Labute approximate surface area is 158 Å². The molecule has 27 heavy (non-hydrogen) atoms. The fraction of sp³-hybridized carbons (Fsp3) is 0.0833. The Kier molecular flexibility index (Phi) is 4.43. The van der Waals surface area contributed by atoms with Gasteiger partial charge in [0.15, 0.2) is 0 Å². The molecule has 0 radical (unpaired) electrons. The second kappa shape index (κ2) is 7.04. The summed E-state index contributed by atoms with van der Waals surface area (Å²) in [5.74, 6) is 0.647. The van der Waals surface area contributed by atoms with Crippen LogP contribution in [0.4, 0.5) is 0 Å². The van der Waals surface area contributed by atoms with Gasteiger partial charge in [0.2, 0.25) is 0 Å². The molecule has 0 saturated carbocycles. The van der Waals surface area contributed by atoms with Crippen LogP contribution in [-0.4, -0.2) is 9.55 Å². The van der Waals surface area contributed by atoms with Gasteiger partial charge >= 0.3 is 0 Å². The van der Waals surface area contributed by atoms with Crippen LogP contribution < -0.4 is 5.56 Å². The quantitative estimate of drug-likeness (QED) is 0.509. The summed E-state index contributed by atoms with van der Waals surface area (Å²) < 4.78 is 1.70. The van der Waals surface area contributed by atoms with Gasteiger partial charge in [-0.2, -0.15) is 0 Å². The fourth-order valence-corrected chi connectivity index (χ4v) is 3.20. The summed E-state index contributed by atoms with van der Waals surface area (Å²) in [6, 6.07) is 27.7. The van der Waals surface area contributed by atoms with Crippen LogP contribution in [-0.2, 0) is 0 Å². The van der Waals surface area contributed by atoms with Crippen molar-refractivity contribution in [1.29, 1.82) is 0 Å². The molecule has 0 atom stereocenters. The van der Waals surface area contributed by atoms with Crippen molar-refractivity contribution in [2.24, 2.45) is 0 Å². The first kappa shape index (κ1) is 17.0. The van der Waals surface area contributed by atoms with E-state index in [1.165, 1.54) is 0 Å². The summed E-state index contributed by atoms with van der Waals surface area (Å²) in [4.78, 5) is 18.3. The van der Waals surface area contributed by atoms with E-state index in [0.717, 1.165) is 28.1 Å². The lowest BCUT2D eigenvalue weighted by Gasteiger charge is -2.16. The first-order valence-electron chi connectivity index (χ1n) is 8.96. The van der Waals surface area contributed by atoms with Crippen LogP contribution in [0.2, 0.25) is 0 Å². The largest absolute Gasteiger partial charge is 0.269 e. The number of benzene rings is 3. The molecule has 0 unspecified atom stereocenters. The molecule has 0 aliphatic rings. The highest BCUT2D eigenvalue weighted by Gasteiger charge is 2.17. The second-order valence-electron chi connectivity index (χ2n) is 6.62. The number of hydrogen-bond donors (Lipinski definition) is 0. The fourth-order valence-electron chi connectivity index (χ4n) is 3.20. The maximum Gasteiger partial charge on any atom is 0.261 e. The molecule has 0 bridgehead atoms. The van der Waals surface area contributed by atoms with Crippen LogP contribution in [0.25, 0.3) is 28.3 Å². The molecule has 132 valence electrons. The van der Waals surface area contributed by atoms with Crippen LogP contribution >= 0.6 is 0 Å². The summed E-state index contributed by atoms with van der Waals surface area (Å²) >= 11 is 0. The third-order valence-electron chi connectivity index (χ3n) is 4.68. The molecule has 3 heteroatoms. The van der Waals surface area contributed by atoms with E-state index in [0.29, 0.717) is 11.4 Å². The monoisotopic (exact) mass is 352 g/mol. The number of aromatic nitrogens is 2. The highest BCUT2D eigenvalue weighted by atomic mass is 16.1. The van der Waals surface area contributed by atoms with Crippen LogP contribution in [0, 0.1) is 13.8 Å². The summed E-state index contributed by atoms with van der Waals surface area (Å²) in [5, 5.41) is 0. The molecule has 1 aromatic heterocycles. The zero-order valence-corrected chi connectivity index (χ0v) is 15.4. The first-order valence-corrected chi connectivity index (χ1v) is 8.96. The molecule has 0 aliphatic carbocycles. The standard InChI is InChI=1S/C24H20N2O/c1-17-13-15-21(16-14-17)26-23(20-11-7-4-8-12-20)25-22(18(2)24(26)27)19-9-5-3-6-10-19/h3-16H,1-2H3. The van der Waals surface area contributed by atoms with E-state index in [2.05, 4.69) is 0 Å². The highest BCUT2D eigenvalue weighted by Crippen LogP contribution is 2.25. The Morgan fingerprint density at radius 2 is 1.26 bits per heavy atom. The van der Waals surface area contributed by atoms with E-state index in [1.54, 1.807) is 4.57 Å². The molecule has 0 amide bonds. The number of hydrogen-bond acceptors (Lipinski definition) is 2. The SMILES string of the molecule is Cc1ccc(-n2c(-c3ccccc3)nc(-c3ccccc3)c(C)c2=O)cc1. The van der Waals surface area contributed by atoms with Crippen molar-refractivity contribution in [3.8, 4) is 28.3 Å². The van der Waals surface area contributed by atoms with Gasteiger partial charge in [-0.1, -0.05) is 78.4 Å². The Morgan fingerprint density at radius 3 is 1.85 bits per heavy atom. The normalized spacial score (nSPS) is 10.7. The van der Waals surface area contributed by atoms with E-state index < -0.39 is 0 Å². The van der Waals surface area contributed by atoms with Crippen molar-refractivity contribution in [2.45, 2.75) is 13.8 Å². The Morgan fingerprint density at radius 1 is 0.704 bits per heavy atom. The molecular weight excluding hydrogens is 332 g/mol. The summed E-state index contributed by atoms with van der Waals surface area (Å²) in [5.41, 5.74) is 5.14. The lowest BCUT2D eigenvalue weighted by Crippen LogP contribution is -2.25. The van der Waals surface area contributed by atoms with Crippen molar-refractivity contribution in [3.05, 3.63) is 106 Å². The lowest BCUT2D eigenvalue weighted by atomic mass is 10.1.